The molecule has 7 heterocycles. The highest BCUT2D eigenvalue weighted by molar-refractivity contribution is 5.03. The third kappa shape index (κ3) is 63.8. The summed E-state index contributed by atoms with van der Waals surface area (Å²) >= 11 is 0. The van der Waals surface area contributed by atoms with Crippen LogP contribution in [0.2, 0.25) is 0 Å². The highest BCUT2D eigenvalue weighted by Crippen LogP contribution is 2.17. The summed E-state index contributed by atoms with van der Waals surface area (Å²) in [7, 11) is 23.3. The highest BCUT2D eigenvalue weighted by Gasteiger charge is 2.45. The monoisotopic (exact) mass is 1300 g/mol. The molecule has 5 fully saturated rings. The number of pyridine rings is 2. The van der Waals surface area contributed by atoms with Crippen LogP contribution in [0.1, 0.15) is 18.4 Å². The van der Waals surface area contributed by atoms with Crippen LogP contribution in [0.3, 0.4) is 0 Å². The van der Waals surface area contributed by atoms with Crippen molar-refractivity contribution in [1.29, 1.82) is 0 Å². The van der Waals surface area contributed by atoms with Crippen molar-refractivity contribution in [2.24, 2.45) is 14.1 Å². The van der Waals surface area contributed by atoms with Gasteiger partial charge < -0.3 is 130 Å². The Morgan fingerprint density at radius 1 is 0.483 bits per heavy atom. The van der Waals surface area contributed by atoms with E-state index in [1.807, 2.05) is 66.2 Å². The van der Waals surface area contributed by atoms with E-state index < -0.39 is 37.3 Å². The van der Waals surface area contributed by atoms with Gasteiger partial charge >= 0.3 is 0 Å². The summed E-state index contributed by atoms with van der Waals surface area (Å²) in [6.45, 7) is 41.0. The minimum atomic E-state index is -1.17. The highest BCUT2D eigenvalue weighted by atomic mass is 16.6. The second kappa shape index (κ2) is 69.6. The molecule has 7 rings (SSSR count). The van der Waals surface area contributed by atoms with Crippen molar-refractivity contribution in [3.63, 3.8) is 0 Å². The molecule has 0 saturated carbocycles. The number of aromatic nitrogens is 2. The molecule has 0 bridgehead atoms. The van der Waals surface area contributed by atoms with Gasteiger partial charge in [0, 0.05) is 37.1 Å². The fourth-order valence-corrected chi connectivity index (χ4v) is 9.17. The van der Waals surface area contributed by atoms with Crippen LogP contribution in [0, 0.1) is 6.92 Å². The minimum Gasteiger partial charge on any atom is -0.394 e. The molecule has 5 aliphatic heterocycles. The first-order valence-corrected chi connectivity index (χ1v) is 35.0. The number of quaternary nitrogens is 19. The second-order valence-corrected chi connectivity index (χ2v) is 24.5. The predicted octanol–water partition coefficient (Wildman–Crippen LogP) is -27.1. The fraction of sp³-hybridized carbons (Fsp3) is 0.839. The largest absolute Gasteiger partial charge is 0.394 e. The van der Waals surface area contributed by atoms with Gasteiger partial charge in [0.05, 0.1) is 96.3 Å². The molecule has 0 aromatic carbocycles. The van der Waals surface area contributed by atoms with Gasteiger partial charge in [-0.25, -0.2) is 9.13 Å². The van der Waals surface area contributed by atoms with E-state index >= 15 is 0 Å². The molecule has 27 nitrogen and oxygen atoms in total. The van der Waals surface area contributed by atoms with Crippen LogP contribution in [0.25, 0.3) is 0 Å². The van der Waals surface area contributed by atoms with Crippen molar-refractivity contribution in [3.8, 4) is 0 Å². The first kappa shape index (κ1) is 90.5. The summed E-state index contributed by atoms with van der Waals surface area (Å²) in [6, 6.07) is 9.55. The first-order valence-electron chi connectivity index (χ1n) is 35.0. The number of rotatable bonds is 26. The number of nitrogens with zero attached hydrogens (tertiary/aromatic N) is 2. The average Bonchev–Trinajstić information content (AvgIpc) is 2.63. The van der Waals surface area contributed by atoms with Gasteiger partial charge in [-0.2, -0.15) is 0 Å². The number of ether oxygens (including phenoxy) is 2. The van der Waals surface area contributed by atoms with Crippen LogP contribution < -0.4 is 109 Å². The Hall–Kier alpha value is -2.70. The van der Waals surface area contributed by atoms with Crippen molar-refractivity contribution in [3.05, 3.63) is 60.7 Å². The maximum Gasteiger partial charge on any atom is 0.211 e. The number of likely N-dealkylation sites (tertiary alicyclic amines) is 1. The van der Waals surface area contributed by atoms with Crippen LogP contribution in [0.5, 0.6) is 0 Å². The van der Waals surface area contributed by atoms with Crippen molar-refractivity contribution < 1.29 is 139 Å². The Labute approximate surface area is 542 Å². The molecule has 0 amide bonds. The quantitative estimate of drug-likeness (QED) is 0.0320. The molecular formula is C62H160N21O6+21. The van der Waals surface area contributed by atoms with Gasteiger partial charge in [0.25, 0.3) is 0 Å². The number of nitrogens with one attached hydrogen (secondary N) is 5. The fourth-order valence-electron chi connectivity index (χ4n) is 9.17. The van der Waals surface area contributed by atoms with E-state index in [0.29, 0.717) is 0 Å². The number of hydrogen-bond donors (Lipinski definition) is 23. The molecule has 0 spiro atoms. The van der Waals surface area contributed by atoms with Crippen molar-refractivity contribution >= 4 is 0 Å². The molecule has 2 aromatic rings. The van der Waals surface area contributed by atoms with Gasteiger partial charge in [-0.05, 0) is 12.5 Å². The van der Waals surface area contributed by atoms with Gasteiger partial charge in [0.1, 0.15) is 216 Å². The average molecular weight is 1300 g/mol. The number of hydrogen-bond acceptors (Lipinski definition) is 6. The maximum absolute atomic E-state index is 9.48. The standard InChI is InChI=1S/C9H25N5.C7H20N4.C7H15NO5.C7H10N.C6H14N2.C6H8N.C5H15N3.C5H12N2.C5H11NO.C5H11N/c1-11-4-5-13-8-9-14-7-6-12-3-2-10;1-9-4-5-11-7-6-10-3-2-8;1-8-4-6(11)5(10)3(2-9)13-7(4)12;2*1-7-3-5-8(2)6-4-7;1-7-5-3-2-4-6-7;1-7-4-5-8-3-2-6;1-7-4-2-6-3-5-7;1-6-2-4-7-5-3-6;1-6-4-2-3-5-6/h11-14H,2-10H2,1H3;9-11H,2-8H2,1H3;3-12H,2H2,1H3;3-6H,1-2H3;3-6H2,1-2H3;2-6H,1H3;7-8H,2-6H2,1H3;6H,2-5H2,1H3;2-5H2,1H3;2-5H2,1H3/q;;;+1;;+1;;;;/p+19. The van der Waals surface area contributed by atoms with Gasteiger partial charge in [0.15, 0.2) is 30.8 Å². The predicted molar refractivity (Wildman–Crippen MR) is 348 cm³/mol. The summed E-state index contributed by atoms with van der Waals surface area (Å²) in [4.78, 5) is 8.36. The smallest absolute Gasteiger partial charge is 0.211 e. The van der Waals surface area contributed by atoms with Crippen molar-refractivity contribution in [1.82, 2.24) is 0 Å². The van der Waals surface area contributed by atoms with Crippen LogP contribution in [0.4, 0.5) is 0 Å². The lowest BCUT2D eigenvalue weighted by Gasteiger charge is -2.37. The lowest BCUT2D eigenvalue weighted by atomic mass is 9.97. The molecule has 5 atom stereocenters. The Morgan fingerprint density at radius 3 is 1.10 bits per heavy atom. The lowest BCUT2D eigenvalue weighted by molar-refractivity contribution is -0.994. The molecule has 27 heteroatoms. The van der Waals surface area contributed by atoms with Gasteiger partial charge in [0.2, 0.25) is 6.29 Å². The summed E-state index contributed by atoms with van der Waals surface area (Å²) in [5.74, 6) is 0. The van der Waals surface area contributed by atoms with E-state index in [1.54, 1.807) is 36.9 Å². The number of likely N-dealkylation sites (N-methyl/N-ethyl adjacent to an activating group) is 8. The number of morpholine rings is 1. The third-order valence-corrected chi connectivity index (χ3v) is 15.6. The second-order valence-electron chi connectivity index (χ2n) is 24.5. The normalized spacial score (nSPS) is 21.4. The van der Waals surface area contributed by atoms with E-state index in [2.05, 4.69) is 146 Å². The lowest BCUT2D eigenvalue weighted by Crippen LogP contribution is -3.25. The maximum atomic E-state index is 9.48. The van der Waals surface area contributed by atoms with Crippen LogP contribution in [-0.4, -0.2) is 331 Å². The molecule has 5 unspecified atom stereocenters. The minimum absolute atomic E-state index is 0.425. The molecule has 40 N–H and O–H groups in total. The zero-order valence-electron chi connectivity index (χ0n) is 59.8. The van der Waals surface area contributed by atoms with E-state index in [-0.39, 0.29) is 0 Å². The zero-order chi connectivity index (χ0) is 66.8. The van der Waals surface area contributed by atoms with E-state index in [9.17, 15) is 15.3 Å². The molecule has 2 aromatic heterocycles. The topological polar surface area (TPSA) is 395 Å². The third-order valence-electron chi connectivity index (χ3n) is 15.6. The zero-order valence-corrected chi connectivity index (χ0v) is 59.8. The van der Waals surface area contributed by atoms with Gasteiger partial charge in [-0.15, -0.1) is 0 Å². The van der Waals surface area contributed by atoms with Crippen LogP contribution >= 0.6 is 0 Å². The van der Waals surface area contributed by atoms with Crippen molar-refractivity contribution in [2.75, 3.05) is 280 Å². The van der Waals surface area contributed by atoms with Gasteiger partial charge in [-0.3, -0.25) is 0 Å². The SMILES string of the molecule is C[NH+]1CCCC1.C[NH+]1CCOCC1.C[NH+]1CC[NH+](C)CC1.C[NH+]1CC[NH2+]CC1.C[NH2+]C1C(O)OC(CO)C(O)C1O.C[NH2+]CC[NH2+]CC[NH2+]CC[NH2+]CC[NH3+].C[NH2+]CC[NH2+]CC[NH2+]CC[NH3+].C[NH2+]CC[NH2+]CC[NH3+].C[n+]1ccccc1.Cc1cc[n+](C)cc1. The van der Waals surface area contributed by atoms with E-state index in [0.717, 1.165) is 32.8 Å². The molecule has 89 heavy (non-hydrogen) atoms. The molecule has 5 aliphatic rings. The Balaban J connectivity index is -0.000000933. The Morgan fingerprint density at radius 2 is 0.831 bits per heavy atom. The van der Waals surface area contributed by atoms with Crippen LogP contribution in [-0.2, 0) is 23.6 Å². The van der Waals surface area contributed by atoms with E-state index in [1.165, 1.54) is 195 Å². The van der Waals surface area contributed by atoms with Crippen molar-refractivity contribution in [2.45, 2.75) is 50.4 Å². The number of aliphatic hydroxyl groups is 4. The molecular weight excluding hydrogens is 1130 g/mol. The molecule has 528 valence electrons. The Bertz CT molecular complexity index is 1570. The summed E-state index contributed by atoms with van der Waals surface area (Å²) in [6.07, 6.45) is 6.64. The summed E-state index contributed by atoms with van der Waals surface area (Å²) in [5.41, 5.74) is 12.6. The van der Waals surface area contributed by atoms with E-state index in [4.69, 9.17) is 14.6 Å². The molecule has 0 radical (unpaired) electrons. The first-order chi connectivity index (χ1) is 43.0. The summed E-state index contributed by atoms with van der Waals surface area (Å²) in [5, 5.41) is 61.7. The van der Waals surface area contributed by atoms with Gasteiger partial charge in [-0.1, -0.05) is 6.07 Å². The Kier molecular flexibility index (Phi) is 70.8. The number of nitrogens with two attached hydrogens (primary N) is 11. The number of piperazine rings is 2. The molecule has 5 saturated heterocycles. The van der Waals surface area contributed by atoms with Crippen LogP contribution in [0.15, 0.2) is 55.1 Å². The number of aliphatic hydroxyl groups excluding tert-OH is 4. The summed E-state index contributed by atoms with van der Waals surface area (Å²) < 4.78 is 14.0. The number of aryl methyl sites for hydroxylation is 3. The molecule has 0 aliphatic carbocycles.